The number of allylic oxidation sites excluding steroid dienone is 3. The predicted molar refractivity (Wildman–Crippen MR) is 111 cm³/mol. The first-order valence-electron chi connectivity index (χ1n) is 10.5. The van der Waals surface area contributed by atoms with Gasteiger partial charge in [0.25, 0.3) is 11.8 Å². The van der Waals surface area contributed by atoms with Crippen molar-refractivity contribution in [2.45, 2.75) is 50.5 Å². The van der Waals surface area contributed by atoms with Crippen LogP contribution in [0.15, 0.2) is 54.3 Å². The highest BCUT2D eigenvalue weighted by Crippen LogP contribution is 2.44. The van der Waals surface area contributed by atoms with Gasteiger partial charge in [0.15, 0.2) is 5.60 Å². The van der Waals surface area contributed by atoms with Gasteiger partial charge in [-0.2, -0.15) is 0 Å². The number of fused-ring (bicyclic) bond motifs is 1. The molecule has 0 N–H and O–H groups in total. The van der Waals surface area contributed by atoms with Gasteiger partial charge in [-0.25, -0.2) is 8.78 Å². The van der Waals surface area contributed by atoms with Crippen molar-refractivity contribution in [2.75, 3.05) is 13.1 Å². The average molecular weight is 431 g/mol. The molecule has 0 radical (unpaired) electrons. The Bertz CT molecular complexity index is 968. The van der Waals surface area contributed by atoms with Crippen LogP contribution in [-0.4, -0.2) is 57.1 Å². The molecular weight excluding hydrogens is 404 g/mol. The molecule has 0 saturated carbocycles. The molecule has 2 atom stereocenters. The van der Waals surface area contributed by atoms with Crippen molar-refractivity contribution >= 4 is 11.8 Å². The van der Waals surface area contributed by atoms with E-state index in [4.69, 9.17) is 4.74 Å². The van der Waals surface area contributed by atoms with Gasteiger partial charge in [0.05, 0.1) is 11.9 Å². The number of nitrogens with zero attached hydrogens (tertiary/aromatic N) is 3. The van der Waals surface area contributed by atoms with Gasteiger partial charge < -0.3 is 19.1 Å². The largest absolute Gasteiger partial charge is 0.347 e. The first kappa shape index (κ1) is 21.5. The minimum atomic E-state index is -0.952. The average Bonchev–Trinajstić information content (AvgIpc) is 3.38. The highest BCUT2D eigenvalue weighted by molar-refractivity contribution is 5.93. The molecule has 4 heterocycles. The highest BCUT2D eigenvalue weighted by Gasteiger charge is 2.58. The number of piperidine rings is 1. The van der Waals surface area contributed by atoms with Crippen LogP contribution in [0.1, 0.15) is 43.1 Å². The Morgan fingerprint density at radius 3 is 2.58 bits per heavy atom. The van der Waals surface area contributed by atoms with E-state index in [1.807, 2.05) is 19.3 Å². The number of carbonyl (C=O) groups is 2. The lowest BCUT2D eigenvalue weighted by molar-refractivity contribution is -0.142. The van der Waals surface area contributed by atoms with Crippen LogP contribution in [0.4, 0.5) is 8.78 Å². The molecule has 2 amide bonds. The molecule has 3 aliphatic heterocycles. The summed E-state index contributed by atoms with van der Waals surface area (Å²) in [7, 11) is 1.83. The van der Waals surface area contributed by atoms with E-state index in [9.17, 15) is 18.4 Å². The number of ether oxygens (including phenoxy) is 1. The minimum absolute atomic E-state index is 0.0589. The molecule has 1 aromatic heterocycles. The number of likely N-dealkylation sites (tertiary alicyclic amines) is 1. The molecule has 3 aliphatic rings. The van der Waals surface area contributed by atoms with Gasteiger partial charge in [-0.05, 0) is 43.5 Å². The SMILES string of the molecule is C=C(/C=C(F)\C=C(/C)F)[C@@H]1CC[C@H]2OC3(CCN(C(=O)c4cccn4C)CC3)C(=O)N21. The van der Waals surface area contributed by atoms with Crippen LogP contribution in [0.2, 0.25) is 0 Å². The van der Waals surface area contributed by atoms with Crippen LogP contribution in [0.25, 0.3) is 0 Å². The Balaban J connectivity index is 1.45. The number of hydrogen-bond acceptors (Lipinski definition) is 3. The van der Waals surface area contributed by atoms with Gasteiger partial charge >= 0.3 is 0 Å². The number of hydrogen-bond donors (Lipinski definition) is 0. The van der Waals surface area contributed by atoms with Crippen LogP contribution in [-0.2, 0) is 16.6 Å². The van der Waals surface area contributed by atoms with Gasteiger partial charge in [-0.3, -0.25) is 9.59 Å². The number of carbonyl (C=O) groups excluding carboxylic acids is 2. The minimum Gasteiger partial charge on any atom is -0.347 e. The summed E-state index contributed by atoms with van der Waals surface area (Å²) in [6.45, 7) is 5.93. The van der Waals surface area contributed by atoms with Gasteiger partial charge in [-0.15, -0.1) is 0 Å². The smallest absolute Gasteiger partial charge is 0.270 e. The number of halogens is 2. The third-order valence-corrected chi connectivity index (χ3v) is 6.43. The summed E-state index contributed by atoms with van der Waals surface area (Å²) in [6, 6.07) is 3.23. The first-order chi connectivity index (χ1) is 14.7. The molecule has 3 saturated heterocycles. The normalized spacial score (nSPS) is 26.0. The summed E-state index contributed by atoms with van der Waals surface area (Å²) in [5.41, 5.74) is 0.0764. The standard InChI is InChI=1S/C23H27F2N3O3/c1-15(13-17(25)14-16(2)24)18-6-7-20-28(18)22(30)23(31-20)8-11-27(12-9-23)21(29)19-5-4-10-26(19)3/h4-5,10,13-14,18,20H,1,6-9,11-12H2,2-3H3/b16-14+,17-13+/t18-,20+/m0/s1. The van der Waals surface area contributed by atoms with E-state index in [-0.39, 0.29) is 24.1 Å². The van der Waals surface area contributed by atoms with Crippen LogP contribution < -0.4 is 0 Å². The lowest BCUT2D eigenvalue weighted by atomic mass is 9.89. The molecule has 31 heavy (non-hydrogen) atoms. The second kappa shape index (κ2) is 8.07. The van der Waals surface area contributed by atoms with Crippen LogP contribution in [0, 0.1) is 0 Å². The zero-order valence-electron chi connectivity index (χ0n) is 17.8. The van der Waals surface area contributed by atoms with E-state index in [0.717, 1.165) is 13.0 Å². The zero-order chi connectivity index (χ0) is 22.3. The number of aryl methyl sites for hydroxylation is 1. The predicted octanol–water partition coefficient (Wildman–Crippen LogP) is 3.63. The van der Waals surface area contributed by atoms with Crippen LogP contribution >= 0.6 is 0 Å². The van der Waals surface area contributed by atoms with E-state index in [1.54, 1.807) is 20.4 Å². The number of amides is 2. The van der Waals surface area contributed by atoms with Gasteiger partial charge in [0.1, 0.15) is 17.7 Å². The maximum atomic E-state index is 13.9. The Hall–Kier alpha value is -2.74. The topological polar surface area (TPSA) is 54.8 Å². The zero-order valence-corrected chi connectivity index (χ0v) is 17.8. The quantitative estimate of drug-likeness (QED) is 0.684. The third kappa shape index (κ3) is 3.84. The molecule has 1 spiro atoms. The fourth-order valence-electron chi connectivity index (χ4n) is 4.83. The Morgan fingerprint density at radius 2 is 1.97 bits per heavy atom. The second-order valence-corrected chi connectivity index (χ2v) is 8.50. The van der Waals surface area contributed by atoms with Crippen molar-refractivity contribution in [2.24, 2.45) is 7.05 Å². The van der Waals surface area contributed by atoms with E-state index in [1.165, 1.54) is 6.08 Å². The van der Waals surface area contributed by atoms with Crippen molar-refractivity contribution in [1.29, 1.82) is 0 Å². The number of rotatable bonds is 4. The molecule has 0 aliphatic carbocycles. The second-order valence-electron chi connectivity index (χ2n) is 8.50. The van der Waals surface area contributed by atoms with E-state index in [2.05, 4.69) is 6.58 Å². The van der Waals surface area contributed by atoms with Gasteiger partial charge in [-0.1, -0.05) is 6.58 Å². The molecule has 4 rings (SSSR count). The summed E-state index contributed by atoms with van der Waals surface area (Å²) in [4.78, 5) is 29.5. The molecule has 1 aromatic rings. The summed E-state index contributed by atoms with van der Waals surface area (Å²) in [5.74, 6) is -1.56. The van der Waals surface area contributed by atoms with E-state index in [0.29, 0.717) is 50.0 Å². The Kier molecular flexibility index (Phi) is 5.60. The summed E-state index contributed by atoms with van der Waals surface area (Å²) in [5, 5.41) is 0. The molecule has 0 unspecified atom stereocenters. The summed E-state index contributed by atoms with van der Waals surface area (Å²) < 4.78 is 34.9. The lowest BCUT2D eigenvalue weighted by Crippen LogP contribution is -2.52. The molecule has 6 nitrogen and oxygen atoms in total. The number of aromatic nitrogens is 1. The molecule has 8 heteroatoms. The third-order valence-electron chi connectivity index (χ3n) is 6.43. The van der Waals surface area contributed by atoms with Crippen molar-refractivity contribution in [3.8, 4) is 0 Å². The lowest BCUT2D eigenvalue weighted by Gasteiger charge is -2.37. The maximum absolute atomic E-state index is 13.9. The molecular formula is C23H27F2N3O3. The molecule has 3 fully saturated rings. The molecule has 166 valence electrons. The van der Waals surface area contributed by atoms with Crippen LogP contribution in [0.5, 0.6) is 0 Å². The Morgan fingerprint density at radius 1 is 1.26 bits per heavy atom. The van der Waals surface area contributed by atoms with Crippen molar-refractivity contribution < 1.29 is 23.1 Å². The van der Waals surface area contributed by atoms with Gasteiger partial charge in [0.2, 0.25) is 0 Å². The van der Waals surface area contributed by atoms with E-state index < -0.39 is 17.3 Å². The monoisotopic (exact) mass is 431 g/mol. The molecule has 0 aromatic carbocycles. The molecule has 0 bridgehead atoms. The Labute approximate surface area is 180 Å². The van der Waals surface area contributed by atoms with Crippen molar-refractivity contribution in [3.05, 3.63) is 60.0 Å². The summed E-state index contributed by atoms with van der Waals surface area (Å²) >= 11 is 0. The fraction of sp³-hybridized carbons (Fsp3) is 0.478. The highest BCUT2D eigenvalue weighted by atomic mass is 19.1. The van der Waals surface area contributed by atoms with Crippen LogP contribution in [0.3, 0.4) is 0 Å². The van der Waals surface area contributed by atoms with Crippen molar-refractivity contribution in [3.63, 3.8) is 0 Å². The van der Waals surface area contributed by atoms with Crippen molar-refractivity contribution in [1.82, 2.24) is 14.4 Å². The maximum Gasteiger partial charge on any atom is 0.270 e. The van der Waals surface area contributed by atoms with Gasteiger partial charge in [0, 0.05) is 45.3 Å². The van der Waals surface area contributed by atoms with E-state index >= 15 is 0 Å². The summed E-state index contributed by atoms with van der Waals surface area (Å²) in [6.07, 6.45) is 5.51. The first-order valence-corrected chi connectivity index (χ1v) is 10.5. The fourth-order valence-corrected chi connectivity index (χ4v) is 4.83.